The van der Waals surface area contributed by atoms with Gasteiger partial charge in [0.15, 0.2) is 5.96 Å². The van der Waals surface area contributed by atoms with Gasteiger partial charge in [0, 0.05) is 57.9 Å². The maximum absolute atomic E-state index is 11.2. The Labute approximate surface area is 143 Å². The normalized spacial score (nSPS) is 16.3. The number of guanidine groups is 1. The summed E-state index contributed by atoms with van der Waals surface area (Å²) >= 11 is 0. The van der Waals surface area contributed by atoms with Crippen LogP contribution >= 0.6 is 0 Å². The van der Waals surface area contributed by atoms with E-state index in [1.165, 1.54) is 6.26 Å². The quantitative estimate of drug-likeness (QED) is 0.437. The van der Waals surface area contributed by atoms with Crippen molar-refractivity contribution in [1.82, 2.24) is 20.2 Å². The van der Waals surface area contributed by atoms with Crippen LogP contribution in [0, 0.1) is 0 Å². The van der Waals surface area contributed by atoms with Gasteiger partial charge in [0.05, 0.1) is 5.75 Å². The predicted octanol–water partition coefficient (Wildman–Crippen LogP) is -0.00120. The van der Waals surface area contributed by atoms with E-state index in [0.29, 0.717) is 13.0 Å². The van der Waals surface area contributed by atoms with Crippen molar-refractivity contribution >= 4 is 21.7 Å². The van der Waals surface area contributed by atoms with Gasteiger partial charge < -0.3 is 15.1 Å². The Balaban J connectivity index is 1.88. The second kappa shape index (κ2) is 8.81. The van der Waals surface area contributed by atoms with Crippen LogP contribution < -0.4 is 10.2 Å². The lowest BCUT2D eigenvalue weighted by molar-refractivity contribution is 0.370. The molecule has 1 saturated heterocycles. The molecule has 1 N–H and O–H groups in total. The minimum Gasteiger partial charge on any atom is -0.357 e. The lowest BCUT2D eigenvalue weighted by atomic mass is 10.3. The van der Waals surface area contributed by atoms with E-state index in [1.807, 2.05) is 13.0 Å². The van der Waals surface area contributed by atoms with Gasteiger partial charge >= 0.3 is 0 Å². The highest BCUT2D eigenvalue weighted by atomic mass is 32.2. The van der Waals surface area contributed by atoms with E-state index in [2.05, 4.69) is 30.1 Å². The summed E-state index contributed by atoms with van der Waals surface area (Å²) in [7, 11) is -2.92. The fraction of sp³-hybridized carbons (Fsp3) is 0.667. The van der Waals surface area contributed by atoms with E-state index in [0.717, 1.165) is 44.6 Å². The Kier molecular flexibility index (Phi) is 6.77. The van der Waals surface area contributed by atoms with Crippen LogP contribution in [0.25, 0.3) is 0 Å². The van der Waals surface area contributed by atoms with Crippen molar-refractivity contribution in [2.24, 2.45) is 4.99 Å². The number of sulfone groups is 1. The first-order valence-corrected chi connectivity index (χ1v) is 10.3. The number of hydrogen-bond donors (Lipinski definition) is 1. The molecule has 24 heavy (non-hydrogen) atoms. The van der Waals surface area contributed by atoms with Crippen LogP contribution in [0.5, 0.6) is 0 Å². The van der Waals surface area contributed by atoms with E-state index in [9.17, 15) is 8.42 Å². The van der Waals surface area contributed by atoms with E-state index in [4.69, 9.17) is 0 Å². The molecule has 1 aliphatic rings. The molecule has 0 spiro atoms. The zero-order valence-corrected chi connectivity index (χ0v) is 15.2. The topological polar surface area (TPSA) is 90.8 Å². The Morgan fingerprint density at radius 1 is 1.25 bits per heavy atom. The van der Waals surface area contributed by atoms with Crippen LogP contribution in [0.15, 0.2) is 23.5 Å². The first kappa shape index (κ1) is 18.4. The van der Waals surface area contributed by atoms with Gasteiger partial charge in [-0.1, -0.05) is 0 Å². The summed E-state index contributed by atoms with van der Waals surface area (Å²) in [6, 6.07) is 1.81. The van der Waals surface area contributed by atoms with Gasteiger partial charge in [-0.3, -0.25) is 4.99 Å². The third kappa shape index (κ3) is 5.95. The third-order valence-electron chi connectivity index (χ3n) is 3.68. The van der Waals surface area contributed by atoms with Crippen molar-refractivity contribution in [1.29, 1.82) is 0 Å². The van der Waals surface area contributed by atoms with Gasteiger partial charge in [0.1, 0.15) is 9.84 Å². The molecule has 0 radical (unpaired) electrons. The zero-order chi connectivity index (χ0) is 17.4. The molecule has 0 aliphatic carbocycles. The van der Waals surface area contributed by atoms with E-state index in [-0.39, 0.29) is 5.75 Å². The average molecular weight is 354 g/mol. The molecule has 0 amide bonds. The predicted molar refractivity (Wildman–Crippen MR) is 96.1 cm³/mol. The minimum absolute atomic E-state index is 0.176. The maximum atomic E-state index is 11.2. The molecule has 1 aliphatic heterocycles. The van der Waals surface area contributed by atoms with E-state index >= 15 is 0 Å². The Morgan fingerprint density at radius 3 is 2.50 bits per heavy atom. The summed E-state index contributed by atoms with van der Waals surface area (Å²) in [4.78, 5) is 17.5. The molecule has 134 valence electrons. The van der Waals surface area contributed by atoms with E-state index < -0.39 is 9.84 Å². The van der Waals surface area contributed by atoms with E-state index in [1.54, 1.807) is 12.4 Å². The van der Waals surface area contributed by atoms with Gasteiger partial charge in [-0.05, 0) is 19.4 Å². The summed E-state index contributed by atoms with van der Waals surface area (Å²) in [5.41, 5.74) is 0. The SMILES string of the molecule is CCNC(=NCCCS(C)(=O)=O)N1CCN(c2ncccn2)CC1. The molecule has 0 aromatic carbocycles. The van der Waals surface area contributed by atoms with Crippen LogP contribution in [-0.4, -0.2) is 80.5 Å². The molecule has 1 fully saturated rings. The lowest BCUT2D eigenvalue weighted by Crippen LogP contribution is -2.53. The Bertz CT molecular complexity index is 627. The minimum atomic E-state index is -2.92. The second-order valence-corrected chi connectivity index (χ2v) is 8.00. The molecule has 2 rings (SSSR count). The Hall–Kier alpha value is -1.90. The number of aliphatic imine (C=N–C) groups is 1. The summed E-state index contributed by atoms with van der Waals surface area (Å²) in [5.74, 6) is 1.78. The molecule has 0 atom stereocenters. The summed E-state index contributed by atoms with van der Waals surface area (Å²) in [6.07, 6.45) is 5.31. The largest absolute Gasteiger partial charge is 0.357 e. The third-order valence-corrected chi connectivity index (χ3v) is 4.71. The van der Waals surface area contributed by atoms with Crippen LogP contribution in [0.4, 0.5) is 5.95 Å². The molecule has 9 heteroatoms. The Morgan fingerprint density at radius 2 is 1.92 bits per heavy atom. The van der Waals surface area contributed by atoms with Crippen LogP contribution in [0.2, 0.25) is 0 Å². The van der Waals surface area contributed by atoms with Gasteiger partial charge in [0.25, 0.3) is 0 Å². The number of rotatable bonds is 6. The van der Waals surface area contributed by atoms with Crippen molar-refractivity contribution in [3.8, 4) is 0 Å². The van der Waals surface area contributed by atoms with Crippen molar-refractivity contribution < 1.29 is 8.42 Å². The monoisotopic (exact) mass is 354 g/mol. The van der Waals surface area contributed by atoms with Crippen molar-refractivity contribution in [2.45, 2.75) is 13.3 Å². The van der Waals surface area contributed by atoms with Crippen molar-refractivity contribution in [3.05, 3.63) is 18.5 Å². The number of aromatic nitrogens is 2. The molecule has 2 heterocycles. The second-order valence-electron chi connectivity index (χ2n) is 5.74. The standard InChI is InChI=1S/C15H26N6O2S/c1-3-16-14(19-8-5-13-24(2,22)23)20-9-11-21(12-10-20)15-17-6-4-7-18-15/h4,6-7H,3,5,8-13H2,1-2H3,(H,16,19). The number of nitrogens with zero attached hydrogens (tertiary/aromatic N) is 5. The number of hydrogen-bond acceptors (Lipinski definition) is 6. The molecule has 0 bridgehead atoms. The van der Waals surface area contributed by atoms with Crippen molar-refractivity contribution in [3.63, 3.8) is 0 Å². The molecule has 0 unspecified atom stereocenters. The lowest BCUT2D eigenvalue weighted by Gasteiger charge is -2.36. The van der Waals surface area contributed by atoms with Crippen molar-refractivity contribution in [2.75, 3.05) is 56.2 Å². The fourth-order valence-corrected chi connectivity index (χ4v) is 3.16. The van der Waals surface area contributed by atoms with Crippen LogP contribution in [-0.2, 0) is 9.84 Å². The van der Waals surface area contributed by atoms with Crippen LogP contribution in [0.3, 0.4) is 0 Å². The molecular formula is C15H26N6O2S. The first-order valence-electron chi connectivity index (χ1n) is 8.22. The summed E-state index contributed by atoms with van der Waals surface area (Å²) < 4.78 is 22.4. The highest BCUT2D eigenvalue weighted by Gasteiger charge is 2.20. The zero-order valence-electron chi connectivity index (χ0n) is 14.3. The summed E-state index contributed by atoms with van der Waals surface area (Å²) in [6.45, 7) is 6.65. The van der Waals surface area contributed by atoms with Gasteiger partial charge in [-0.25, -0.2) is 18.4 Å². The first-order chi connectivity index (χ1) is 11.5. The van der Waals surface area contributed by atoms with Gasteiger partial charge in [-0.15, -0.1) is 0 Å². The number of anilines is 1. The fourth-order valence-electron chi connectivity index (χ4n) is 2.51. The maximum Gasteiger partial charge on any atom is 0.225 e. The molecule has 1 aromatic rings. The highest BCUT2D eigenvalue weighted by Crippen LogP contribution is 2.09. The molecule has 1 aromatic heterocycles. The summed E-state index contributed by atoms with van der Waals surface area (Å²) in [5, 5.41) is 3.28. The van der Waals surface area contributed by atoms with Gasteiger partial charge in [-0.2, -0.15) is 0 Å². The highest BCUT2D eigenvalue weighted by molar-refractivity contribution is 7.90. The van der Waals surface area contributed by atoms with Crippen LogP contribution in [0.1, 0.15) is 13.3 Å². The molecule has 8 nitrogen and oxygen atoms in total. The van der Waals surface area contributed by atoms with Gasteiger partial charge in [0.2, 0.25) is 5.95 Å². The molecule has 0 saturated carbocycles. The number of piperazine rings is 1. The smallest absolute Gasteiger partial charge is 0.225 e. The molecular weight excluding hydrogens is 328 g/mol. The average Bonchev–Trinajstić information content (AvgIpc) is 2.58. The number of nitrogens with one attached hydrogen (secondary N) is 1.